The number of phenols is 1. The van der Waals surface area contributed by atoms with Gasteiger partial charge in [-0.15, -0.1) is 11.6 Å². The van der Waals surface area contributed by atoms with Gasteiger partial charge in [-0.1, -0.05) is 6.07 Å². The fourth-order valence-corrected chi connectivity index (χ4v) is 1.13. The quantitative estimate of drug-likeness (QED) is 0.424. The summed E-state index contributed by atoms with van der Waals surface area (Å²) in [6, 6.07) is 2.84. The molecule has 0 aliphatic carbocycles. The van der Waals surface area contributed by atoms with Crippen molar-refractivity contribution in [3.8, 4) is 5.75 Å². The lowest BCUT2D eigenvalue weighted by atomic mass is 10.1. The molecule has 0 aliphatic rings. The van der Waals surface area contributed by atoms with Gasteiger partial charge in [0.25, 0.3) is 0 Å². The molecule has 0 aromatic heterocycles. The van der Waals surface area contributed by atoms with Crippen LogP contribution in [0, 0.1) is 5.82 Å². The van der Waals surface area contributed by atoms with E-state index < -0.39 is 5.82 Å². The average molecular weight is 190 g/mol. The molecule has 0 radical (unpaired) electrons. The van der Waals surface area contributed by atoms with E-state index in [1.54, 1.807) is 0 Å². The van der Waals surface area contributed by atoms with E-state index in [2.05, 4.69) is 0 Å². The molecule has 0 fully saturated rings. The molecule has 66 valence electrons. The fraction of sp³-hybridized carbons (Fsp3) is 0.250. The Morgan fingerprint density at radius 2 is 2.17 bits per heavy atom. The summed E-state index contributed by atoms with van der Waals surface area (Å²) >= 11 is 5.43. The van der Waals surface area contributed by atoms with Crippen LogP contribution in [0.25, 0.3) is 0 Å². The molecule has 1 aromatic rings. The zero-order valence-electron chi connectivity index (χ0n) is 6.35. The minimum absolute atomic E-state index is 0.211. The van der Waals surface area contributed by atoms with Gasteiger partial charge in [0.2, 0.25) is 0 Å². The zero-order chi connectivity index (χ0) is 9.14. The number of alkyl halides is 1. The highest BCUT2D eigenvalue weighted by Crippen LogP contribution is 2.25. The maximum Gasteiger partial charge on any atom is 0.153 e. The largest absolute Gasteiger partial charge is 0.506 e. The van der Waals surface area contributed by atoms with Gasteiger partial charge in [-0.3, -0.25) is 0 Å². The summed E-state index contributed by atoms with van der Waals surface area (Å²) in [6.45, 7) is 0. The molecule has 2 nitrogen and oxygen atoms in total. The van der Waals surface area contributed by atoms with Gasteiger partial charge in [-0.05, 0) is 18.1 Å². The van der Waals surface area contributed by atoms with Crippen molar-refractivity contribution in [3.63, 3.8) is 0 Å². The minimum Gasteiger partial charge on any atom is -0.506 e. The number of nitrogen functional groups attached to an aromatic ring is 1. The highest BCUT2D eigenvalue weighted by Gasteiger charge is 2.08. The second-order valence-corrected chi connectivity index (χ2v) is 2.79. The van der Waals surface area contributed by atoms with Crippen LogP contribution in [-0.4, -0.2) is 11.0 Å². The second kappa shape index (κ2) is 3.63. The molecule has 12 heavy (non-hydrogen) atoms. The number of aromatic hydroxyl groups is 1. The van der Waals surface area contributed by atoms with Gasteiger partial charge in [0, 0.05) is 5.88 Å². The van der Waals surface area contributed by atoms with Crippen molar-refractivity contribution in [3.05, 3.63) is 23.5 Å². The van der Waals surface area contributed by atoms with Crippen LogP contribution in [0.4, 0.5) is 10.1 Å². The third-order valence-corrected chi connectivity index (χ3v) is 1.79. The van der Waals surface area contributed by atoms with Crippen LogP contribution >= 0.6 is 11.6 Å². The van der Waals surface area contributed by atoms with Gasteiger partial charge in [0.1, 0.15) is 11.4 Å². The number of phenolic OH excluding ortho intramolecular Hbond substituents is 1. The Morgan fingerprint density at radius 3 is 2.75 bits per heavy atom. The molecule has 0 bridgehead atoms. The molecule has 0 unspecified atom stereocenters. The molecule has 4 heteroatoms. The van der Waals surface area contributed by atoms with Crippen molar-refractivity contribution in [2.75, 3.05) is 11.6 Å². The fourth-order valence-electron chi connectivity index (χ4n) is 0.923. The topological polar surface area (TPSA) is 46.2 Å². The zero-order valence-corrected chi connectivity index (χ0v) is 7.11. The van der Waals surface area contributed by atoms with Crippen molar-refractivity contribution in [2.24, 2.45) is 0 Å². The molecule has 0 atom stereocenters. The third-order valence-electron chi connectivity index (χ3n) is 1.60. The van der Waals surface area contributed by atoms with Gasteiger partial charge >= 0.3 is 0 Å². The Kier molecular flexibility index (Phi) is 2.76. The highest BCUT2D eigenvalue weighted by molar-refractivity contribution is 6.18. The normalized spacial score (nSPS) is 10.2. The lowest BCUT2D eigenvalue weighted by molar-refractivity contribution is 0.472. The van der Waals surface area contributed by atoms with Crippen LogP contribution in [-0.2, 0) is 6.42 Å². The first-order valence-electron chi connectivity index (χ1n) is 3.48. The van der Waals surface area contributed by atoms with Crippen molar-refractivity contribution in [2.45, 2.75) is 6.42 Å². The number of anilines is 1. The van der Waals surface area contributed by atoms with Crippen molar-refractivity contribution >= 4 is 17.3 Å². The van der Waals surface area contributed by atoms with Crippen LogP contribution in [0.3, 0.4) is 0 Å². The van der Waals surface area contributed by atoms with E-state index in [0.717, 1.165) is 0 Å². The first kappa shape index (κ1) is 9.13. The smallest absolute Gasteiger partial charge is 0.153 e. The van der Waals surface area contributed by atoms with E-state index in [4.69, 9.17) is 22.4 Å². The highest BCUT2D eigenvalue weighted by atomic mass is 35.5. The van der Waals surface area contributed by atoms with Crippen molar-refractivity contribution in [1.29, 1.82) is 0 Å². The summed E-state index contributed by atoms with van der Waals surface area (Å²) in [5, 5.41) is 8.99. The molecular formula is C8H9ClFNO. The molecule has 0 spiro atoms. The molecule has 0 amide bonds. The van der Waals surface area contributed by atoms with E-state index in [0.29, 0.717) is 17.9 Å². The third kappa shape index (κ3) is 1.61. The van der Waals surface area contributed by atoms with Crippen LogP contribution in [0.2, 0.25) is 0 Å². The predicted molar refractivity (Wildman–Crippen MR) is 46.9 cm³/mol. The van der Waals surface area contributed by atoms with Gasteiger partial charge in [-0.2, -0.15) is 0 Å². The van der Waals surface area contributed by atoms with E-state index in [1.165, 1.54) is 12.1 Å². The van der Waals surface area contributed by atoms with E-state index in [9.17, 15) is 4.39 Å². The number of hydrogen-bond acceptors (Lipinski definition) is 2. The van der Waals surface area contributed by atoms with Gasteiger partial charge in [0.15, 0.2) is 5.82 Å². The molecule has 0 aliphatic heterocycles. The predicted octanol–water partition coefficient (Wildman–Crippen LogP) is 1.89. The first-order valence-corrected chi connectivity index (χ1v) is 4.02. The van der Waals surface area contributed by atoms with Gasteiger partial charge in [-0.25, -0.2) is 4.39 Å². The molecule has 1 aromatic carbocycles. The number of rotatable bonds is 2. The average Bonchev–Trinajstić information content (AvgIpc) is 2.07. The van der Waals surface area contributed by atoms with Crippen LogP contribution < -0.4 is 5.73 Å². The summed E-state index contributed by atoms with van der Waals surface area (Å²) in [4.78, 5) is 0. The van der Waals surface area contributed by atoms with Crippen molar-refractivity contribution in [1.82, 2.24) is 0 Å². The standard InChI is InChI=1S/C8H9ClFNO/c9-4-3-5-1-2-6(12)8(11)7(5)10/h1-2,12H,3-4,11H2. The molecular weight excluding hydrogens is 181 g/mol. The second-order valence-electron chi connectivity index (χ2n) is 2.41. The first-order chi connectivity index (χ1) is 5.66. The Labute approximate surface area is 74.8 Å². The number of nitrogens with two attached hydrogens (primary N) is 1. The summed E-state index contributed by atoms with van der Waals surface area (Å²) in [7, 11) is 0. The van der Waals surface area contributed by atoms with Crippen molar-refractivity contribution < 1.29 is 9.50 Å². The van der Waals surface area contributed by atoms with Crippen LogP contribution in [0.15, 0.2) is 12.1 Å². The summed E-state index contributed by atoms with van der Waals surface area (Å²) in [5.74, 6) is -0.470. The molecule has 3 N–H and O–H groups in total. The SMILES string of the molecule is Nc1c(O)ccc(CCCl)c1F. The Morgan fingerprint density at radius 1 is 1.50 bits per heavy atom. The summed E-state index contributed by atoms with van der Waals surface area (Å²) in [5.41, 5.74) is 5.47. The number of benzene rings is 1. The Bertz CT molecular complexity index is 291. The summed E-state index contributed by atoms with van der Waals surface area (Å²) in [6.07, 6.45) is 0.415. The molecule has 0 saturated heterocycles. The number of halogens is 2. The number of hydrogen-bond donors (Lipinski definition) is 2. The maximum atomic E-state index is 13.1. The monoisotopic (exact) mass is 189 g/mol. The van der Waals surface area contributed by atoms with E-state index in [-0.39, 0.29) is 11.4 Å². The maximum absolute atomic E-state index is 13.1. The number of aryl methyl sites for hydroxylation is 1. The minimum atomic E-state index is -0.573. The Balaban J connectivity index is 3.08. The van der Waals surface area contributed by atoms with Gasteiger partial charge < -0.3 is 10.8 Å². The van der Waals surface area contributed by atoms with Crippen LogP contribution in [0.5, 0.6) is 5.75 Å². The lowest BCUT2D eigenvalue weighted by Crippen LogP contribution is -1.97. The lowest BCUT2D eigenvalue weighted by Gasteiger charge is -2.04. The molecule has 1 rings (SSSR count). The van der Waals surface area contributed by atoms with E-state index >= 15 is 0 Å². The van der Waals surface area contributed by atoms with Crippen LogP contribution in [0.1, 0.15) is 5.56 Å². The van der Waals surface area contributed by atoms with E-state index in [1.807, 2.05) is 0 Å². The van der Waals surface area contributed by atoms with Gasteiger partial charge in [0.05, 0.1) is 0 Å². The summed E-state index contributed by atoms with van der Waals surface area (Å²) < 4.78 is 13.1. The molecule has 0 saturated carbocycles. The Hall–Kier alpha value is -0.960. The molecule has 0 heterocycles.